The number of hydrogen-bond acceptors (Lipinski definition) is 4. The zero-order valence-corrected chi connectivity index (χ0v) is 25.4. The Bertz CT molecular complexity index is 1470. The van der Waals surface area contributed by atoms with Crippen molar-refractivity contribution >= 4 is 39.1 Å². The van der Waals surface area contributed by atoms with E-state index in [4.69, 9.17) is 11.6 Å². The standard InChI is InChI=1S/C32H38ClN3O4S/c1-23-10-9-13-26(18-23)21-35(31(37)22-36(41(3,39)40)28-17-16-24(2)29(33)20-28)30(19-25-11-5-4-6-12-25)32(38)34-27-14-7-8-15-27/h4-6,9-13,16-18,20,27,30H,7-8,14-15,19,21-22H2,1-3H3,(H,34,38)/t30-/m1/s1. The van der Waals surface area contributed by atoms with Crippen molar-refractivity contribution in [1.29, 1.82) is 0 Å². The maximum absolute atomic E-state index is 14.2. The number of aryl methyl sites for hydroxylation is 2. The predicted molar refractivity (Wildman–Crippen MR) is 164 cm³/mol. The first-order valence-corrected chi connectivity index (χ1v) is 16.2. The Kier molecular flexibility index (Phi) is 10.1. The van der Waals surface area contributed by atoms with E-state index in [1.54, 1.807) is 18.2 Å². The molecule has 0 heterocycles. The Morgan fingerprint density at radius 3 is 2.27 bits per heavy atom. The van der Waals surface area contributed by atoms with Gasteiger partial charge < -0.3 is 10.2 Å². The number of carbonyl (C=O) groups is 2. The number of halogens is 1. The number of sulfonamides is 1. The predicted octanol–water partition coefficient (Wildman–Crippen LogP) is 5.42. The van der Waals surface area contributed by atoms with Gasteiger partial charge in [-0.25, -0.2) is 8.42 Å². The van der Waals surface area contributed by atoms with Crippen LogP contribution in [0.4, 0.5) is 5.69 Å². The molecule has 2 amide bonds. The molecular formula is C32H38ClN3O4S. The van der Waals surface area contributed by atoms with E-state index in [-0.39, 0.29) is 18.5 Å². The number of nitrogens with zero attached hydrogens (tertiary/aromatic N) is 2. The van der Waals surface area contributed by atoms with Crippen molar-refractivity contribution in [2.24, 2.45) is 0 Å². The molecule has 0 spiro atoms. The van der Waals surface area contributed by atoms with Crippen molar-refractivity contribution in [2.45, 2.75) is 64.6 Å². The molecule has 1 atom stereocenters. The van der Waals surface area contributed by atoms with Crippen molar-refractivity contribution in [3.05, 3.63) is 100 Å². The SMILES string of the molecule is Cc1cccc(CN(C(=O)CN(c2ccc(C)c(Cl)c2)S(C)(=O)=O)[C@H](Cc2ccccc2)C(=O)NC2CCCC2)c1. The smallest absolute Gasteiger partial charge is 0.244 e. The molecule has 3 aromatic carbocycles. The number of rotatable bonds is 11. The maximum atomic E-state index is 14.2. The zero-order valence-electron chi connectivity index (χ0n) is 23.8. The summed E-state index contributed by atoms with van der Waals surface area (Å²) in [6.45, 7) is 3.48. The summed E-state index contributed by atoms with van der Waals surface area (Å²) in [4.78, 5) is 29.6. The van der Waals surface area contributed by atoms with Crippen LogP contribution in [0.5, 0.6) is 0 Å². The number of anilines is 1. The lowest BCUT2D eigenvalue weighted by molar-refractivity contribution is -0.140. The minimum atomic E-state index is -3.85. The minimum absolute atomic E-state index is 0.0684. The summed E-state index contributed by atoms with van der Waals surface area (Å²) in [5.74, 6) is -0.706. The fraction of sp³-hybridized carbons (Fsp3) is 0.375. The highest BCUT2D eigenvalue weighted by Gasteiger charge is 2.34. The quantitative estimate of drug-likeness (QED) is 0.321. The fourth-order valence-corrected chi connectivity index (χ4v) is 6.30. The molecule has 1 saturated carbocycles. The number of carbonyl (C=O) groups excluding carboxylic acids is 2. The van der Waals surface area contributed by atoms with Gasteiger partial charge in [-0.05, 0) is 55.5 Å². The molecular weight excluding hydrogens is 558 g/mol. The van der Waals surface area contributed by atoms with Crippen LogP contribution in [0.1, 0.15) is 47.9 Å². The molecule has 1 N–H and O–H groups in total. The van der Waals surface area contributed by atoms with E-state index in [9.17, 15) is 18.0 Å². The van der Waals surface area contributed by atoms with Gasteiger partial charge in [0, 0.05) is 24.0 Å². The van der Waals surface area contributed by atoms with Crippen LogP contribution in [0, 0.1) is 13.8 Å². The van der Waals surface area contributed by atoms with E-state index in [2.05, 4.69) is 5.32 Å². The lowest BCUT2D eigenvalue weighted by Crippen LogP contribution is -2.54. The van der Waals surface area contributed by atoms with Gasteiger partial charge in [-0.3, -0.25) is 13.9 Å². The average Bonchev–Trinajstić information content (AvgIpc) is 3.44. The van der Waals surface area contributed by atoms with Crippen LogP contribution in [0.25, 0.3) is 0 Å². The molecule has 4 rings (SSSR count). The average molecular weight is 596 g/mol. The highest BCUT2D eigenvalue weighted by Crippen LogP contribution is 2.26. The van der Waals surface area contributed by atoms with Gasteiger partial charge in [0.15, 0.2) is 0 Å². The fourth-order valence-electron chi connectivity index (χ4n) is 5.28. The molecule has 0 saturated heterocycles. The first-order valence-electron chi connectivity index (χ1n) is 13.9. The third kappa shape index (κ3) is 8.33. The first kappa shape index (κ1) is 30.6. The molecule has 218 valence electrons. The Balaban J connectivity index is 1.73. The van der Waals surface area contributed by atoms with Gasteiger partial charge in [-0.1, -0.05) is 90.7 Å². The van der Waals surface area contributed by atoms with Gasteiger partial charge in [0.1, 0.15) is 12.6 Å². The van der Waals surface area contributed by atoms with Gasteiger partial charge in [0.05, 0.1) is 11.9 Å². The molecule has 9 heteroatoms. The monoisotopic (exact) mass is 595 g/mol. The summed E-state index contributed by atoms with van der Waals surface area (Å²) in [7, 11) is -3.85. The van der Waals surface area contributed by atoms with Crippen LogP contribution in [-0.4, -0.2) is 50.0 Å². The zero-order chi connectivity index (χ0) is 29.6. The largest absolute Gasteiger partial charge is 0.352 e. The lowest BCUT2D eigenvalue weighted by Gasteiger charge is -2.34. The van der Waals surface area contributed by atoms with Crippen molar-refractivity contribution in [1.82, 2.24) is 10.2 Å². The molecule has 7 nitrogen and oxygen atoms in total. The molecule has 1 aliphatic rings. The summed E-state index contributed by atoms with van der Waals surface area (Å²) >= 11 is 6.32. The van der Waals surface area contributed by atoms with Gasteiger partial charge in [0.25, 0.3) is 0 Å². The molecule has 1 fully saturated rings. The van der Waals surface area contributed by atoms with Crippen LogP contribution in [0.3, 0.4) is 0 Å². The van der Waals surface area contributed by atoms with E-state index >= 15 is 0 Å². The number of nitrogens with one attached hydrogen (secondary N) is 1. The summed E-state index contributed by atoms with van der Waals surface area (Å²) < 4.78 is 26.9. The van der Waals surface area contributed by atoms with E-state index in [1.165, 1.54) is 4.90 Å². The van der Waals surface area contributed by atoms with Gasteiger partial charge in [0.2, 0.25) is 21.8 Å². The van der Waals surface area contributed by atoms with Crippen molar-refractivity contribution in [3.8, 4) is 0 Å². The molecule has 0 aliphatic heterocycles. The van der Waals surface area contributed by atoms with Crippen LogP contribution in [0.15, 0.2) is 72.8 Å². The second kappa shape index (κ2) is 13.5. The molecule has 0 bridgehead atoms. The van der Waals surface area contributed by atoms with E-state index < -0.39 is 28.5 Å². The Morgan fingerprint density at radius 2 is 1.63 bits per heavy atom. The van der Waals surface area contributed by atoms with Crippen LogP contribution in [-0.2, 0) is 32.6 Å². The highest BCUT2D eigenvalue weighted by atomic mass is 35.5. The van der Waals surface area contributed by atoms with Crippen molar-refractivity contribution in [3.63, 3.8) is 0 Å². The molecule has 0 unspecified atom stereocenters. The molecule has 0 aromatic heterocycles. The third-order valence-corrected chi connectivity index (χ3v) is 9.08. The Labute approximate surface area is 248 Å². The van der Waals surface area contributed by atoms with E-state index in [1.807, 2.05) is 68.4 Å². The number of amides is 2. The van der Waals surface area contributed by atoms with Crippen molar-refractivity contribution < 1.29 is 18.0 Å². The normalized spacial score (nSPS) is 14.4. The molecule has 41 heavy (non-hydrogen) atoms. The van der Waals surface area contributed by atoms with Gasteiger partial charge in [-0.15, -0.1) is 0 Å². The summed E-state index contributed by atoms with van der Waals surface area (Å²) in [5.41, 5.74) is 3.88. The summed E-state index contributed by atoms with van der Waals surface area (Å²) in [6, 6.07) is 21.5. The minimum Gasteiger partial charge on any atom is -0.352 e. The van der Waals surface area contributed by atoms with E-state index in [0.717, 1.165) is 58.5 Å². The van der Waals surface area contributed by atoms with Crippen LogP contribution < -0.4 is 9.62 Å². The summed E-state index contributed by atoms with van der Waals surface area (Å²) in [5, 5.41) is 3.58. The Morgan fingerprint density at radius 1 is 0.951 bits per heavy atom. The second-order valence-electron chi connectivity index (χ2n) is 10.9. The van der Waals surface area contributed by atoms with Crippen molar-refractivity contribution in [2.75, 3.05) is 17.1 Å². The molecule has 3 aromatic rings. The van der Waals surface area contributed by atoms with Gasteiger partial charge in [-0.2, -0.15) is 0 Å². The number of benzene rings is 3. The molecule has 1 aliphatic carbocycles. The topological polar surface area (TPSA) is 86.8 Å². The third-order valence-electron chi connectivity index (χ3n) is 7.53. The van der Waals surface area contributed by atoms with Crippen LogP contribution >= 0.6 is 11.6 Å². The maximum Gasteiger partial charge on any atom is 0.244 e. The highest BCUT2D eigenvalue weighted by molar-refractivity contribution is 7.92. The van der Waals surface area contributed by atoms with Gasteiger partial charge >= 0.3 is 0 Å². The van der Waals surface area contributed by atoms with E-state index in [0.29, 0.717) is 17.1 Å². The Hall–Kier alpha value is -3.36. The first-order chi connectivity index (χ1) is 19.5. The number of hydrogen-bond donors (Lipinski definition) is 1. The van der Waals surface area contributed by atoms with Crippen LogP contribution in [0.2, 0.25) is 5.02 Å². The summed E-state index contributed by atoms with van der Waals surface area (Å²) in [6.07, 6.45) is 5.29. The lowest BCUT2D eigenvalue weighted by atomic mass is 10.0. The second-order valence-corrected chi connectivity index (χ2v) is 13.2. The molecule has 0 radical (unpaired) electrons.